The molecule has 1 aromatic heterocycles. The molecule has 0 saturated carbocycles. The predicted octanol–water partition coefficient (Wildman–Crippen LogP) is 3.38. The van der Waals surface area contributed by atoms with E-state index in [1.165, 1.54) is 12.8 Å². The highest BCUT2D eigenvalue weighted by Crippen LogP contribution is 2.25. The van der Waals surface area contributed by atoms with Gasteiger partial charge in [-0.2, -0.15) is 0 Å². The Morgan fingerprint density at radius 3 is 2.94 bits per heavy atom. The van der Waals surface area contributed by atoms with E-state index in [0.29, 0.717) is 5.02 Å². The molecule has 0 fully saturated rings. The van der Waals surface area contributed by atoms with Crippen molar-refractivity contribution in [1.29, 1.82) is 0 Å². The molecule has 0 saturated heterocycles. The molecule has 94 valence electrons. The van der Waals surface area contributed by atoms with Crippen LogP contribution in [0.3, 0.4) is 0 Å². The molecule has 0 radical (unpaired) electrons. The van der Waals surface area contributed by atoms with Gasteiger partial charge in [-0.3, -0.25) is 16.3 Å². The minimum absolute atomic E-state index is 0.106. The summed E-state index contributed by atoms with van der Waals surface area (Å²) < 4.78 is 0. The van der Waals surface area contributed by atoms with Crippen molar-refractivity contribution >= 4 is 11.6 Å². The number of nitrogens with zero attached hydrogens (tertiary/aromatic N) is 1. The molecule has 1 rings (SSSR count). The molecule has 3 N–H and O–H groups in total. The minimum atomic E-state index is 0.106. The van der Waals surface area contributed by atoms with Crippen LogP contribution in [0.2, 0.25) is 5.02 Å². The molecule has 0 aromatic carbocycles. The summed E-state index contributed by atoms with van der Waals surface area (Å²) in [6, 6.07) is 2.02. The van der Waals surface area contributed by atoms with Crippen LogP contribution in [0.4, 0.5) is 0 Å². The summed E-state index contributed by atoms with van der Waals surface area (Å²) >= 11 is 6.09. The third kappa shape index (κ3) is 4.86. The first-order valence-corrected chi connectivity index (χ1v) is 6.33. The van der Waals surface area contributed by atoms with E-state index in [4.69, 9.17) is 17.4 Å². The first-order valence-electron chi connectivity index (χ1n) is 5.96. The van der Waals surface area contributed by atoms with Crippen molar-refractivity contribution in [1.82, 2.24) is 10.4 Å². The molecule has 17 heavy (non-hydrogen) atoms. The van der Waals surface area contributed by atoms with E-state index >= 15 is 0 Å². The molecular weight excluding hydrogens is 234 g/mol. The molecule has 1 aromatic rings. The van der Waals surface area contributed by atoms with Crippen LogP contribution in [0.25, 0.3) is 0 Å². The predicted molar refractivity (Wildman–Crippen MR) is 72.6 cm³/mol. The number of hydrazine groups is 1. The smallest absolute Gasteiger partial charge is 0.0637 e. The second kappa shape index (κ2) is 8.23. The number of hydrogen-bond donors (Lipinski definition) is 2. The molecule has 1 unspecified atom stereocenters. The third-order valence-electron chi connectivity index (χ3n) is 2.78. The molecule has 0 spiro atoms. The van der Waals surface area contributed by atoms with Gasteiger partial charge < -0.3 is 0 Å². The van der Waals surface area contributed by atoms with Crippen LogP contribution in [-0.4, -0.2) is 4.98 Å². The highest BCUT2D eigenvalue weighted by atomic mass is 35.5. The van der Waals surface area contributed by atoms with Crippen LogP contribution in [0.1, 0.15) is 43.7 Å². The maximum absolute atomic E-state index is 6.09. The van der Waals surface area contributed by atoms with Gasteiger partial charge in [-0.1, -0.05) is 30.5 Å². The number of pyridine rings is 1. The lowest BCUT2D eigenvalue weighted by Crippen LogP contribution is -2.28. The average Bonchev–Trinajstić information content (AvgIpc) is 2.35. The third-order valence-corrected chi connectivity index (χ3v) is 3.10. The van der Waals surface area contributed by atoms with Crippen LogP contribution in [0.15, 0.2) is 31.1 Å². The summed E-state index contributed by atoms with van der Waals surface area (Å²) in [6.07, 6.45) is 10.9. The Balaban J connectivity index is 2.43. The molecular formula is C13H20ClN3. The van der Waals surface area contributed by atoms with E-state index in [2.05, 4.69) is 17.0 Å². The summed E-state index contributed by atoms with van der Waals surface area (Å²) in [7, 11) is 0. The van der Waals surface area contributed by atoms with Gasteiger partial charge in [0.1, 0.15) is 0 Å². The molecule has 4 heteroatoms. The fraction of sp³-hybridized carbons (Fsp3) is 0.462. The first-order chi connectivity index (χ1) is 8.29. The number of unbranched alkanes of at least 4 members (excludes halogenated alkanes) is 3. The lowest BCUT2D eigenvalue weighted by Gasteiger charge is -2.17. The summed E-state index contributed by atoms with van der Waals surface area (Å²) in [6.45, 7) is 3.71. The van der Waals surface area contributed by atoms with Gasteiger partial charge in [-0.05, 0) is 30.9 Å². The van der Waals surface area contributed by atoms with Crippen LogP contribution >= 0.6 is 11.6 Å². The molecule has 0 aliphatic carbocycles. The van der Waals surface area contributed by atoms with Gasteiger partial charge in [0, 0.05) is 18.4 Å². The minimum Gasteiger partial charge on any atom is -0.271 e. The van der Waals surface area contributed by atoms with E-state index in [1.807, 2.05) is 12.1 Å². The second-order valence-electron chi connectivity index (χ2n) is 4.04. The second-order valence-corrected chi connectivity index (χ2v) is 4.45. The number of aromatic nitrogens is 1. The summed E-state index contributed by atoms with van der Waals surface area (Å²) in [4.78, 5) is 3.97. The maximum atomic E-state index is 6.09. The molecule has 1 heterocycles. The Hall–Kier alpha value is -0.900. The summed E-state index contributed by atoms with van der Waals surface area (Å²) in [5.74, 6) is 5.57. The zero-order valence-corrected chi connectivity index (χ0v) is 10.8. The Bertz CT molecular complexity index is 341. The molecule has 0 aliphatic rings. The summed E-state index contributed by atoms with van der Waals surface area (Å²) in [5, 5.41) is 0.668. The number of hydrogen-bond acceptors (Lipinski definition) is 3. The van der Waals surface area contributed by atoms with Crippen molar-refractivity contribution in [2.75, 3.05) is 0 Å². The zero-order chi connectivity index (χ0) is 12.5. The highest BCUT2D eigenvalue weighted by Gasteiger charge is 2.12. The van der Waals surface area contributed by atoms with Gasteiger partial charge in [-0.15, -0.1) is 6.58 Å². The molecule has 3 nitrogen and oxygen atoms in total. The van der Waals surface area contributed by atoms with Crippen molar-refractivity contribution in [3.8, 4) is 0 Å². The van der Waals surface area contributed by atoms with Crippen molar-refractivity contribution in [3.63, 3.8) is 0 Å². The summed E-state index contributed by atoms with van der Waals surface area (Å²) in [5.41, 5.74) is 3.84. The normalized spacial score (nSPS) is 12.4. The lowest BCUT2D eigenvalue weighted by molar-refractivity contribution is 0.483. The van der Waals surface area contributed by atoms with E-state index in [0.717, 1.165) is 24.8 Å². The number of nitrogens with two attached hydrogens (primary N) is 1. The largest absolute Gasteiger partial charge is 0.271 e. The van der Waals surface area contributed by atoms with E-state index in [-0.39, 0.29) is 6.04 Å². The van der Waals surface area contributed by atoms with Crippen LogP contribution in [0, 0.1) is 0 Å². The maximum Gasteiger partial charge on any atom is 0.0637 e. The van der Waals surface area contributed by atoms with Gasteiger partial charge in [0.2, 0.25) is 0 Å². The van der Waals surface area contributed by atoms with Crippen LogP contribution in [-0.2, 0) is 0 Å². The van der Waals surface area contributed by atoms with Gasteiger partial charge >= 0.3 is 0 Å². The van der Waals surface area contributed by atoms with Gasteiger partial charge in [0.15, 0.2) is 0 Å². The van der Waals surface area contributed by atoms with E-state index in [9.17, 15) is 0 Å². The van der Waals surface area contributed by atoms with E-state index < -0.39 is 0 Å². The number of rotatable bonds is 8. The van der Waals surface area contributed by atoms with Crippen LogP contribution < -0.4 is 11.3 Å². The fourth-order valence-electron chi connectivity index (χ4n) is 1.81. The molecule has 0 bridgehead atoms. The zero-order valence-electron chi connectivity index (χ0n) is 10.0. The monoisotopic (exact) mass is 253 g/mol. The van der Waals surface area contributed by atoms with Gasteiger partial charge in [-0.25, -0.2) is 0 Å². The SMILES string of the molecule is C=CCCCCCC(NN)c1ccncc1Cl. The average molecular weight is 254 g/mol. The number of nitrogens with one attached hydrogen (secondary N) is 1. The first kappa shape index (κ1) is 14.2. The van der Waals surface area contributed by atoms with Crippen molar-refractivity contribution in [3.05, 3.63) is 41.7 Å². The highest BCUT2D eigenvalue weighted by molar-refractivity contribution is 6.31. The van der Waals surface area contributed by atoms with Crippen molar-refractivity contribution < 1.29 is 0 Å². The van der Waals surface area contributed by atoms with Gasteiger partial charge in [0.25, 0.3) is 0 Å². The molecule has 0 aliphatic heterocycles. The Morgan fingerprint density at radius 2 is 2.29 bits per heavy atom. The Kier molecular flexibility index (Phi) is 6.86. The topological polar surface area (TPSA) is 50.9 Å². The van der Waals surface area contributed by atoms with Crippen molar-refractivity contribution in [2.45, 2.75) is 38.1 Å². The Labute approximate surface area is 108 Å². The molecule has 1 atom stereocenters. The van der Waals surface area contributed by atoms with Crippen molar-refractivity contribution in [2.24, 2.45) is 5.84 Å². The van der Waals surface area contributed by atoms with Gasteiger partial charge in [0.05, 0.1) is 5.02 Å². The standard InChI is InChI=1S/C13H20ClN3/c1-2-3-4-5-6-7-13(17-15)11-8-9-16-10-12(11)14/h2,8-10,13,17H,1,3-7,15H2. The van der Waals surface area contributed by atoms with E-state index in [1.54, 1.807) is 12.4 Å². The number of halogens is 1. The van der Waals surface area contributed by atoms with Crippen LogP contribution in [0.5, 0.6) is 0 Å². The Morgan fingerprint density at radius 1 is 1.47 bits per heavy atom. The quantitative estimate of drug-likeness (QED) is 0.323. The molecule has 0 amide bonds. The number of allylic oxidation sites excluding steroid dienone is 1. The lowest BCUT2D eigenvalue weighted by atomic mass is 10.0. The fourth-order valence-corrected chi connectivity index (χ4v) is 2.06.